The minimum absolute atomic E-state index is 0. The third-order valence-corrected chi connectivity index (χ3v) is 9.17. The molecule has 2 heterocycles. The minimum atomic E-state index is -1.26. The summed E-state index contributed by atoms with van der Waals surface area (Å²) in [7, 11) is 2.23. The van der Waals surface area contributed by atoms with Crippen molar-refractivity contribution in [3.63, 3.8) is 0 Å². The SMILES string of the molecule is CSc1ccc2c(c1)C(N1CCN(C)CC1)Cc1ccccc1S2.Cl.ClCCN(CCCl)CCCl.O=C(O)C=CC(=O)O. The van der Waals surface area contributed by atoms with Gasteiger partial charge in [0.2, 0.25) is 0 Å². The largest absolute Gasteiger partial charge is 0.478 e. The Bertz CT molecular complexity index is 1120. The first-order chi connectivity index (χ1) is 20.2. The van der Waals surface area contributed by atoms with Crippen LogP contribution in [-0.4, -0.2) is 114 Å². The number of carboxylic acid groups (broad SMARTS) is 2. The Kier molecular flexibility index (Phi) is 20.8. The first-order valence-electron chi connectivity index (χ1n) is 13.6. The number of aliphatic carboxylic acids is 2. The number of halogens is 4. The van der Waals surface area contributed by atoms with Gasteiger partial charge in [0.15, 0.2) is 0 Å². The van der Waals surface area contributed by atoms with Gasteiger partial charge in [-0.3, -0.25) is 9.80 Å². The molecule has 1 unspecified atom stereocenters. The lowest BCUT2D eigenvalue weighted by Crippen LogP contribution is -2.46. The van der Waals surface area contributed by atoms with Gasteiger partial charge < -0.3 is 15.1 Å². The van der Waals surface area contributed by atoms with E-state index in [1.807, 2.05) is 23.5 Å². The van der Waals surface area contributed by atoms with E-state index in [0.717, 1.165) is 39.1 Å². The number of hydrogen-bond acceptors (Lipinski definition) is 7. The summed E-state index contributed by atoms with van der Waals surface area (Å²) in [5.74, 6) is -0.574. The smallest absolute Gasteiger partial charge is 0.328 e. The third kappa shape index (κ3) is 14.7. The van der Waals surface area contributed by atoms with Crippen LogP contribution in [0.4, 0.5) is 0 Å². The van der Waals surface area contributed by atoms with E-state index in [4.69, 9.17) is 45.0 Å². The number of hydrogen-bond donors (Lipinski definition) is 2. The fourth-order valence-electron chi connectivity index (χ4n) is 4.51. The van der Waals surface area contributed by atoms with Crippen LogP contribution in [0.3, 0.4) is 0 Å². The quantitative estimate of drug-likeness (QED) is 0.162. The van der Waals surface area contributed by atoms with Gasteiger partial charge in [0.05, 0.1) is 0 Å². The van der Waals surface area contributed by atoms with Crippen LogP contribution in [0.15, 0.2) is 69.3 Å². The standard InChI is InChI=1S/C20H24N2S2.C6H12Cl3N.C4H4O4.ClH/c1-21-9-11-22(12-10-21)18-13-15-5-3-4-6-19(15)24-20-8-7-16(23-2)14-17(18)20;7-1-4-10(5-2-8)6-3-9;5-3(6)1-2-4(7)8;/h3-8,14,18H,9-13H2,1-2H3;1-6H2;1-2H,(H,5,6)(H,7,8);1H. The Morgan fingerprint density at radius 2 is 1.49 bits per heavy atom. The molecular weight excluding hydrogens is 672 g/mol. The molecule has 7 nitrogen and oxygen atoms in total. The fraction of sp³-hybridized carbons (Fsp3) is 0.467. The molecular formula is C30H41Cl4N3O4S2. The molecule has 2 N–H and O–H groups in total. The van der Waals surface area contributed by atoms with Crippen molar-refractivity contribution in [2.75, 3.05) is 76.8 Å². The molecule has 0 aliphatic carbocycles. The molecule has 0 amide bonds. The number of benzene rings is 2. The Morgan fingerprint density at radius 3 is 2.00 bits per heavy atom. The maximum absolute atomic E-state index is 9.55. The summed E-state index contributed by atoms with van der Waals surface area (Å²) in [5.41, 5.74) is 3.01. The Morgan fingerprint density at radius 1 is 0.930 bits per heavy atom. The zero-order valence-electron chi connectivity index (χ0n) is 24.5. The summed E-state index contributed by atoms with van der Waals surface area (Å²) in [5, 5.41) is 15.6. The van der Waals surface area contributed by atoms with Gasteiger partial charge in [-0.1, -0.05) is 30.0 Å². The molecule has 2 aliphatic rings. The molecule has 0 spiro atoms. The highest BCUT2D eigenvalue weighted by molar-refractivity contribution is 7.99. The molecule has 2 aromatic rings. The van der Waals surface area contributed by atoms with E-state index in [1.54, 1.807) is 0 Å². The van der Waals surface area contributed by atoms with Gasteiger partial charge in [-0.25, -0.2) is 9.59 Å². The highest BCUT2D eigenvalue weighted by atomic mass is 35.5. The minimum Gasteiger partial charge on any atom is -0.478 e. The number of carboxylic acids is 2. The van der Waals surface area contributed by atoms with Crippen molar-refractivity contribution in [2.24, 2.45) is 0 Å². The van der Waals surface area contributed by atoms with Crippen LogP contribution in [0.1, 0.15) is 17.2 Å². The molecule has 0 aromatic heterocycles. The van der Waals surface area contributed by atoms with Gasteiger partial charge in [-0.05, 0) is 55.1 Å². The predicted octanol–water partition coefficient (Wildman–Crippen LogP) is 6.54. The van der Waals surface area contributed by atoms with Crippen LogP contribution < -0.4 is 0 Å². The van der Waals surface area contributed by atoms with Gasteiger partial charge in [0.1, 0.15) is 0 Å². The Labute approximate surface area is 285 Å². The summed E-state index contributed by atoms with van der Waals surface area (Å²) in [6.07, 6.45) is 4.41. The van der Waals surface area contributed by atoms with Crippen molar-refractivity contribution in [3.8, 4) is 0 Å². The second kappa shape index (κ2) is 22.4. The van der Waals surface area contributed by atoms with Crippen molar-refractivity contribution in [1.82, 2.24) is 14.7 Å². The monoisotopic (exact) mass is 711 g/mol. The summed E-state index contributed by atoms with van der Waals surface area (Å²) in [6, 6.07) is 16.5. The molecule has 1 atom stereocenters. The molecule has 1 saturated heterocycles. The van der Waals surface area contributed by atoms with Gasteiger partial charge in [-0.2, -0.15) is 0 Å². The molecule has 2 aliphatic heterocycles. The number of rotatable bonds is 10. The molecule has 13 heteroatoms. The van der Waals surface area contributed by atoms with Crippen molar-refractivity contribution in [3.05, 3.63) is 65.7 Å². The lowest BCUT2D eigenvalue weighted by atomic mass is 9.96. The highest BCUT2D eigenvalue weighted by Crippen LogP contribution is 2.44. The maximum Gasteiger partial charge on any atom is 0.328 e. The fourth-order valence-corrected chi connectivity index (χ4v) is 6.79. The number of alkyl halides is 3. The van der Waals surface area contributed by atoms with Crippen LogP contribution in [0, 0.1) is 0 Å². The van der Waals surface area contributed by atoms with Crippen LogP contribution in [-0.2, 0) is 16.0 Å². The normalized spacial score (nSPS) is 16.5. The van der Waals surface area contributed by atoms with Gasteiger partial charge in [-0.15, -0.1) is 59.0 Å². The summed E-state index contributed by atoms with van der Waals surface area (Å²) >= 11 is 20.4. The average molecular weight is 714 g/mol. The van der Waals surface area contributed by atoms with E-state index < -0.39 is 11.9 Å². The van der Waals surface area contributed by atoms with E-state index in [0.29, 0.717) is 35.8 Å². The zero-order valence-corrected chi connectivity index (χ0v) is 29.2. The number of nitrogens with zero attached hydrogens (tertiary/aromatic N) is 3. The maximum atomic E-state index is 9.55. The number of likely N-dealkylation sites (N-methyl/N-ethyl adjacent to an activating group) is 1. The number of thioether (sulfide) groups is 1. The summed E-state index contributed by atoms with van der Waals surface area (Å²) in [4.78, 5) is 30.6. The molecule has 43 heavy (non-hydrogen) atoms. The Hall–Kier alpha value is -1.14. The zero-order chi connectivity index (χ0) is 30.9. The molecule has 0 saturated carbocycles. The van der Waals surface area contributed by atoms with Crippen molar-refractivity contribution >= 4 is 82.7 Å². The first-order valence-corrected chi connectivity index (χ1v) is 17.3. The lowest BCUT2D eigenvalue weighted by Gasteiger charge is -2.38. The molecule has 2 aromatic carbocycles. The number of piperazine rings is 1. The summed E-state index contributed by atoms with van der Waals surface area (Å²) in [6.45, 7) is 7.29. The van der Waals surface area contributed by atoms with Gasteiger partial charge >= 0.3 is 11.9 Å². The molecule has 4 rings (SSSR count). The van der Waals surface area contributed by atoms with E-state index in [2.05, 4.69) is 70.5 Å². The van der Waals surface area contributed by atoms with E-state index in [-0.39, 0.29) is 12.4 Å². The van der Waals surface area contributed by atoms with Crippen LogP contribution in [0.2, 0.25) is 0 Å². The van der Waals surface area contributed by atoms with E-state index in [1.165, 1.54) is 38.9 Å². The molecule has 240 valence electrons. The average Bonchev–Trinajstić information content (AvgIpc) is 3.14. The first kappa shape index (κ1) is 39.9. The van der Waals surface area contributed by atoms with Gasteiger partial charge in [0.25, 0.3) is 0 Å². The number of carbonyl (C=O) groups is 2. The van der Waals surface area contributed by atoms with Crippen molar-refractivity contribution in [1.29, 1.82) is 0 Å². The van der Waals surface area contributed by atoms with Crippen LogP contribution in [0.5, 0.6) is 0 Å². The highest BCUT2D eigenvalue weighted by Gasteiger charge is 2.29. The lowest BCUT2D eigenvalue weighted by molar-refractivity contribution is -0.134. The predicted molar refractivity (Wildman–Crippen MR) is 185 cm³/mol. The third-order valence-electron chi connectivity index (χ3n) is 6.73. The van der Waals surface area contributed by atoms with E-state index >= 15 is 0 Å². The summed E-state index contributed by atoms with van der Waals surface area (Å²) < 4.78 is 0. The van der Waals surface area contributed by atoms with Crippen molar-refractivity contribution in [2.45, 2.75) is 27.1 Å². The molecule has 0 radical (unpaired) electrons. The number of fused-ring (bicyclic) bond motifs is 2. The topological polar surface area (TPSA) is 84.3 Å². The van der Waals surface area contributed by atoms with Gasteiger partial charge in [0, 0.05) is 96.3 Å². The van der Waals surface area contributed by atoms with Crippen LogP contribution in [0.25, 0.3) is 0 Å². The molecule has 1 fully saturated rings. The molecule has 0 bridgehead atoms. The second-order valence-corrected chi connectivity index (χ2v) is 12.7. The van der Waals surface area contributed by atoms with E-state index in [9.17, 15) is 9.59 Å². The Balaban J connectivity index is 0.000000407. The second-order valence-electron chi connectivity index (χ2n) is 9.59. The van der Waals surface area contributed by atoms with Crippen LogP contribution >= 0.6 is 70.7 Å². The van der Waals surface area contributed by atoms with Crippen molar-refractivity contribution < 1.29 is 19.8 Å².